The van der Waals surface area contributed by atoms with Gasteiger partial charge in [-0.2, -0.15) is 0 Å². The summed E-state index contributed by atoms with van der Waals surface area (Å²) in [6.07, 6.45) is 2.88. The Morgan fingerprint density at radius 1 is 1.03 bits per heavy atom. The maximum absolute atomic E-state index is 6.19. The van der Waals surface area contributed by atoms with Gasteiger partial charge < -0.3 is 9.47 Å². The molecule has 152 valence electrons. The fourth-order valence-electron chi connectivity index (χ4n) is 5.03. The summed E-state index contributed by atoms with van der Waals surface area (Å²) in [5.41, 5.74) is 10.6. The summed E-state index contributed by atoms with van der Waals surface area (Å²) in [6, 6.07) is 16.8. The molecule has 0 aliphatic carbocycles. The number of aryl methyl sites for hydroxylation is 1. The molecule has 0 fully saturated rings. The minimum atomic E-state index is 0.776. The van der Waals surface area contributed by atoms with Gasteiger partial charge in [-0.05, 0) is 72.9 Å². The number of rotatable bonds is 4. The van der Waals surface area contributed by atoms with E-state index in [2.05, 4.69) is 65.6 Å². The summed E-state index contributed by atoms with van der Waals surface area (Å²) in [6.45, 7) is 9.61. The van der Waals surface area contributed by atoms with Crippen LogP contribution in [0.4, 0.5) is 5.69 Å². The zero-order valence-electron chi connectivity index (χ0n) is 17.7. The van der Waals surface area contributed by atoms with Gasteiger partial charge in [0.2, 0.25) is 0 Å². The molecule has 0 unspecified atom stereocenters. The second-order valence-electron chi connectivity index (χ2n) is 8.13. The van der Waals surface area contributed by atoms with Gasteiger partial charge in [0.05, 0.1) is 23.4 Å². The van der Waals surface area contributed by atoms with Gasteiger partial charge in [0.1, 0.15) is 0 Å². The molecule has 0 saturated heterocycles. The van der Waals surface area contributed by atoms with E-state index in [9.17, 15) is 0 Å². The topological polar surface area (TPSA) is 21.1 Å². The van der Waals surface area contributed by atoms with E-state index in [0.717, 1.165) is 36.8 Å². The van der Waals surface area contributed by atoms with Gasteiger partial charge >= 0.3 is 0 Å². The van der Waals surface area contributed by atoms with Crippen LogP contribution in [0.15, 0.2) is 54.7 Å². The highest BCUT2D eigenvalue weighted by Crippen LogP contribution is 2.45. The van der Waals surface area contributed by atoms with Crippen LogP contribution in [0.5, 0.6) is 0 Å². The zero-order valence-corrected chi connectivity index (χ0v) is 18.5. The molecule has 2 aromatic carbocycles. The average molecular weight is 416 g/mol. The van der Waals surface area contributed by atoms with Crippen molar-refractivity contribution in [2.75, 3.05) is 11.4 Å². The lowest BCUT2D eigenvalue weighted by molar-refractivity contribution is 0.632. The summed E-state index contributed by atoms with van der Waals surface area (Å²) in [7, 11) is 0. The number of halogens is 1. The Kier molecular flexibility index (Phi) is 4.79. The molecule has 0 amide bonds. The molecule has 4 aromatic rings. The van der Waals surface area contributed by atoms with Crippen molar-refractivity contribution in [1.82, 2.24) is 9.55 Å². The fraction of sp³-hybridized carbons (Fsp3) is 0.269. The number of aromatic nitrogens is 2. The molecule has 0 saturated carbocycles. The van der Waals surface area contributed by atoms with Crippen LogP contribution in [0.3, 0.4) is 0 Å². The van der Waals surface area contributed by atoms with Gasteiger partial charge in [0.15, 0.2) is 0 Å². The first-order valence-electron chi connectivity index (χ1n) is 10.6. The number of hydrogen-bond acceptors (Lipinski definition) is 2. The third kappa shape index (κ3) is 3.00. The van der Waals surface area contributed by atoms with Crippen LogP contribution in [0.2, 0.25) is 5.02 Å². The Morgan fingerprint density at radius 2 is 1.83 bits per heavy atom. The molecule has 0 radical (unpaired) electrons. The molecule has 2 aromatic heterocycles. The molecular formula is C26H26ClN3. The largest absolute Gasteiger partial charge is 0.362 e. The van der Waals surface area contributed by atoms with Gasteiger partial charge in [-0.15, -0.1) is 0 Å². The average Bonchev–Trinajstić information content (AvgIpc) is 3.09. The molecule has 5 rings (SSSR count). The number of nitrogens with zero attached hydrogens (tertiary/aromatic N) is 3. The summed E-state index contributed by atoms with van der Waals surface area (Å²) < 4.78 is 2.49. The third-order valence-corrected chi connectivity index (χ3v) is 6.63. The molecule has 1 aliphatic rings. The lowest BCUT2D eigenvalue weighted by Gasteiger charge is -2.34. The Morgan fingerprint density at radius 3 is 2.53 bits per heavy atom. The Balaban J connectivity index is 1.77. The van der Waals surface area contributed by atoms with Crippen molar-refractivity contribution in [3.8, 4) is 11.1 Å². The highest BCUT2D eigenvalue weighted by Gasteiger charge is 2.27. The van der Waals surface area contributed by atoms with Gasteiger partial charge in [-0.1, -0.05) is 36.7 Å². The van der Waals surface area contributed by atoms with Crippen molar-refractivity contribution in [2.45, 2.75) is 40.3 Å². The smallest absolute Gasteiger partial charge is 0.0730 e. The van der Waals surface area contributed by atoms with Crippen LogP contribution in [-0.4, -0.2) is 16.1 Å². The van der Waals surface area contributed by atoms with Crippen molar-refractivity contribution in [3.05, 3.63) is 82.3 Å². The van der Waals surface area contributed by atoms with E-state index < -0.39 is 0 Å². The van der Waals surface area contributed by atoms with E-state index in [1.165, 1.54) is 44.5 Å². The minimum Gasteiger partial charge on any atom is -0.362 e. The summed E-state index contributed by atoms with van der Waals surface area (Å²) in [4.78, 5) is 7.10. The summed E-state index contributed by atoms with van der Waals surface area (Å²) in [5, 5.41) is 2.12. The molecule has 0 atom stereocenters. The fourth-order valence-corrected chi connectivity index (χ4v) is 5.16. The van der Waals surface area contributed by atoms with E-state index in [-0.39, 0.29) is 0 Å². The first-order chi connectivity index (χ1) is 14.6. The highest BCUT2D eigenvalue weighted by molar-refractivity contribution is 6.30. The molecule has 1 aliphatic heterocycles. The molecule has 4 heteroatoms. The SMILES string of the molecule is CCc1c(C)c2c3c(cc(C)n3CCN2Cc2ccccn2)c1-c1ccc(Cl)cc1. The van der Waals surface area contributed by atoms with Crippen LogP contribution >= 0.6 is 11.6 Å². The van der Waals surface area contributed by atoms with Gasteiger partial charge in [0, 0.05) is 35.4 Å². The van der Waals surface area contributed by atoms with Gasteiger partial charge in [-0.25, -0.2) is 0 Å². The first kappa shape index (κ1) is 19.2. The normalized spacial score (nSPS) is 13.3. The molecule has 3 heterocycles. The van der Waals surface area contributed by atoms with Crippen LogP contribution in [-0.2, 0) is 19.5 Å². The standard InChI is InChI=1S/C26H26ClN3/c1-4-22-18(3)25-26-23(24(22)19-8-10-20(27)11-9-19)15-17(2)30(26)14-13-29(25)16-21-7-5-6-12-28-21/h5-12,15H,4,13-14,16H2,1-3H3. The molecule has 0 bridgehead atoms. The van der Waals surface area contributed by atoms with E-state index in [0.29, 0.717) is 0 Å². The van der Waals surface area contributed by atoms with Gasteiger partial charge in [-0.3, -0.25) is 4.98 Å². The predicted molar refractivity (Wildman–Crippen MR) is 127 cm³/mol. The maximum Gasteiger partial charge on any atom is 0.0730 e. The minimum absolute atomic E-state index is 0.776. The van der Waals surface area contributed by atoms with Crippen LogP contribution in [0, 0.1) is 13.8 Å². The molecule has 30 heavy (non-hydrogen) atoms. The van der Waals surface area contributed by atoms with Crippen molar-refractivity contribution in [1.29, 1.82) is 0 Å². The quantitative estimate of drug-likeness (QED) is 0.376. The lowest BCUT2D eigenvalue weighted by atomic mass is 9.89. The van der Waals surface area contributed by atoms with E-state index in [1.807, 2.05) is 24.4 Å². The number of anilines is 1. The van der Waals surface area contributed by atoms with E-state index in [1.54, 1.807) is 0 Å². The lowest BCUT2D eigenvalue weighted by Crippen LogP contribution is -2.32. The second-order valence-corrected chi connectivity index (χ2v) is 8.57. The Labute approximate surface area is 182 Å². The Bertz CT molecular complexity index is 1220. The molecular weight excluding hydrogens is 390 g/mol. The van der Waals surface area contributed by atoms with Crippen molar-refractivity contribution < 1.29 is 0 Å². The molecule has 3 nitrogen and oxygen atoms in total. The van der Waals surface area contributed by atoms with E-state index in [4.69, 9.17) is 11.6 Å². The highest BCUT2D eigenvalue weighted by atomic mass is 35.5. The first-order valence-corrected chi connectivity index (χ1v) is 11.0. The summed E-state index contributed by atoms with van der Waals surface area (Å²) >= 11 is 6.19. The van der Waals surface area contributed by atoms with Gasteiger partial charge in [0.25, 0.3) is 0 Å². The van der Waals surface area contributed by atoms with Crippen LogP contribution in [0.25, 0.3) is 22.0 Å². The maximum atomic E-state index is 6.19. The third-order valence-electron chi connectivity index (χ3n) is 6.38. The summed E-state index contributed by atoms with van der Waals surface area (Å²) in [5.74, 6) is 0. The number of benzene rings is 2. The van der Waals surface area contributed by atoms with Crippen molar-refractivity contribution >= 4 is 28.2 Å². The number of pyridine rings is 1. The monoisotopic (exact) mass is 415 g/mol. The van der Waals surface area contributed by atoms with Crippen molar-refractivity contribution in [2.24, 2.45) is 0 Å². The zero-order chi connectivity index (χ0) is 20.8. The molecule has 0 N–H and O–H groups in total. The Hall–Kier alpha value is -2.78. The predicted octanol–water partition coefficient (Wildman–Crippen LogP) is 6.56. The van der Waals surface area contributed by atoms with Crippen molar-refractivity contribution in [3.63, 3.8) is 0 Å². The number of hydrogen-bond donors (Lipinski definition) is 0. The van der Waals surface area contributed by atoms with Crippen LogP contribution in [0.1, 0.15) is 29.4 Å². The molecule has 0 spiro atoms. The van der Waals surface area contributed by atoms with E-state index >= 15 is 0 Å². The van der Waals surface area contributed by atoms with Crippen LogP contribution < -0.4 is 4.90 Å². The second kappa shape index (κ2) is 7.48.